The number of aromatic nitrogens is 1. The van der Waals surface area contributed by atoms with Crippen LogP contribution in [0.4, 0.5) is 0 Å². The summed E-state index contributed by atoms with van der Waals surface area (Å²) >= 11 is 6.88. The van der Waals surface area contributed by atoms with Crippen LogP contribution in [0.25, 0.3) is 0 Å². The van der Waals surface area contributed by atoms with Crippen molar-refractivity contribution in [3.05, 3.63) is 16.1 Å². The number of thiazole rings is 1. The molecule has 0 aliphatic rings. The normalized spacial score (nSPS) is 13.8. The van der Waals surface area contributed by atoms with Crippen LogP contribution in [-0.4, -0.2) is 46.5 Å². The Morgan fingerprint density at radius 1 is 1.30 bits per heavy atom. The van der Waals surface area contributed by atoms with E-state index in [0.717, 1.165) is 10.6 Å². The van der Waals surface area contributed by atoms with E-state index in [1.54, 1.807) is 5.51 Å². The first kappa shape index (κ1) is 19.7. The van der Waals surface area contributed by atoms with Gasteiger partial charge in [0.15, 0.2) is 0 Å². The molecule has 1 atom stereocenters. The lowest BCUT2D eigenvalue weighted by atomic mass is 10.3. The molecule has 0 aromatic carbocycles. The summed E-state index contributed by atoms with van der Waals surface area (Å²) in [7, 11) is -9.40. The van der Waals surface area contributed by atoms with Crippen LogP contribution in [0.5, 0.6) is 0 Å². The van der Waals surface area contributed by atoms with Crippen molar-refractivity contribution < 1.29 is 31.0 Å². The van der Waals surface area contributed by atoms with Gasteiger partial charge in [-0.3, -0.25) is 9.11 Å². The Bertz CT molecular complexity index is 592. The second-order valence-corrected chi connectivity index (χ2v) is 8.54. The number of aryl methyl sites for hydroxylation is 1. The molecule has 1 aromatic heterocycles. The van der Waals surface area contributed by atoms with Gasteiger partial charge in [-0.05, 0) is 13.8 Å². The number of nitrogens with zero attached hydrogens (tertiary/aromatic N) is 1. The second-order valence-electron chi connectivity index (χ2n) is 3.57. The van der Waals surface area contributed by atoms with Crippen molar-refractivity contribution in [2.75, 3.05) is 5.88 Å². The minimum atomic E-state index is -4.70. The van der Waals surface area contributed by atoms with Crippen LogP contribution in [-0.2, 0) is 20.2 Å². The van der Waals surface area contributed by atoms with E-state index in [1.807, 2.05) is 6.92 Å². The first-order valence-electron chi connectivity index (χ1n) is 4.97. The Balaban J connectivity index is 0.000000361. The van der Waals surface area contributed by atoms with Crippen LogP contribution in [0.1, 0.15) is 23.6 Å². The SMILES string of the molecule is CC(S(=O)(=O)O)S(=O)(=O)O.Cc1ncsc1C(O)CCl. The van der Waals surface area contributed by atoms with Gasteiger partial charge in [-0.1, -0.05) is 0 Å². The second kappa shape index (κ2) is 7.64. The molecule has 8 nitrogen and oxygen atoms in total. The van der Waals surface area contributed by atoms with E-state index in [2.05, 4.69) is 4.98 Å². The Morgan fingerprint density at radius 3 is 1.95 bits per heavy atom. The molecule has 1 rings (SSSR count). The molecule has 0 bridgehead atoms. The zero-order chi connectivity index (χ0) is 16.1. The molecule has 118 valence electrons. The van der Waals surface area contributed by atoms with Gasteiger partial charge >= 0.3 is 0 Å². The van der Waals surface area contributed by atoms with Crippen LogP contribution in [0, 0.1) is 6.92 Å². The number of hydrogen-bond donors (Lipinski definition) is 3. The van der Waals surface area contributed by atoms with Crippen molar-refractivity contribution in [3.8, 4) is 0 Å². The van der Waals surface area contributed by atoms with E-state index in [1.165, 1.54) is 11.3 Å². The van der Waals surface area contributed by atoms with E-state index < -0.39 is 30.9 Å². The van der Waals surface area contributed by atoms with Gasteiger partial charge in [0.05, 0.1) is 22.0 Å². The molecule has 20 heavy (non-hydrogen) atoms. The highest BCUT2D eigenvalue weighted by atomic mass is 35.5. The number of aliphatic hydroxyl groups is 1. The van der Waals surface area contributed by atoms with Crippen molar-refractivity contribution in [2.45, 2.75) is 24.5 Å². The Labute approximate surface area is 125 Å². The summed E-state index contributed by atoms with van der Waals surface area (Å²) in [5, 5.41) is 9.24. The van der Waals surface area contributed by atoms with Gasteiger partial charge in [-0.2, -0.15) is 16.8 Å². The minimum absolute atomic E-state index is 0.239. The summed E-state index contributed by atoms with van der Waals surface area (Å²) in [6.45, 7) is 2.52. The van der Waals surface area contributed by atoms with Gasteiger partial charge in [0, 0.05) is 0 Å². The quantitative estimate of drug-likeness (QED) is 0.524. The predicted molar refractivity (Wildman–Crippen MR) is 75.1 cm³/mol. The molecule has 0 saturated heterocycles. The van der Waals surface area contributed by atoms with E-state index >= 15 is 0 Å². The molecular weight excluding hydrogens is 354 g/mol. The average Bonchev–Trinajstić information content (AvgIpc) is 2.72. The summed E-state index contributed by atoms with van der Waals surface area (Å²) in [5.74, 6) is 0.239. The third-order valence-corrected chi connectivity index (χ3v) is 6.53. The summed E-state index contributed by atoms with van der Waals surface area (Å²) in [6.07, 6.45) is -0.547. The van der Waals surface area contributed by atoms with E-state index in [0.29, 0.717) is 6.92 Å². The van der Waals surface area contributed by atoms with Gasteiger partial charge in [-0.25, -0.2) is 4.98 Å². The highest BCUT2D eigenvalue weighted by molar-refractivity contribution is 8.03. The fourth-order valence-electron chi connectivity index (χ4n) is 0.854. The summed E-state index contributed by atoms with van der Waals surface area (Å²) in [6, 6.07) is 0. The highest BCUT2D eigenvalue weighted by Crippen LogP contribution is 2.21. The monoisotopic (exact) mass is 367 g/mol. The fourth-order valence-corrected chi connectivity index (χ4v) is 3.12. The van der Waals surface area contributed by atoms with Crippen molar-refractivity contribution in [2.24, 2.45) is 0 Å². The molecule has 0 spiro atoms. The lowest BCUT2D eigenvalue weighted by molar-refractivity contribution is 0.205. The number of halogens is 1. The number of alkyl halides is 1. The zero-order valence-corrected chi connectivity index (χ0v) is 13.7. The minimum Gasteiger partial charge on any atom is -0.386 e. The molecule has 0 amide bonds. The molecule has 0 aliphatic carbocycles. The molecule has 1 heterocycles. The molecule has 12 heteroatoms. The maximum absolute atomic E-state index is 9.99. The molecule has 3 N–H and O–H groups in total. The topological polar surface area (TPSA) is 142 Å². The Hall–Kier alpha value is -0.300. The largest absolute Gasteiger partial charge is 0.386 e. The predicted octanol–water partition coefficient (Wildman–Crippen LogP) is 0.832. The molecule has 0 aliphatic heterocycles. The number of rotatable bonds is 4. The maximum atomic E-state index is 9.99. The molecule has 1 unspecified atom stereocenters. The van der Waals surface area contributed by atoms with Gasteiger partial charge in [0.1, 0.15) is 6.10 Å². The van der Waals surface area contributed by atoms with Gasteiger partial charge in [0.25, 0.3) is 20.2 Å². The van der Waals surface area contributed by atoms with Crippen LogP contribution in [0.15, 0.2) is 5.51 Å². The molecular formula is C8H14ClNO7S3. The smallest absolute Gasteiger partial charge is 0.284 e. The first-order chi connectivity index (χ1) is 8.91. The van der Waals surface area contributed by atoms with Crippen LogP contribution in [0.2, 0.25) is 0 Å². The van der Waals surface area contributed by atoms with Crippen molar-refractivity contribution in [1.29, 1.82) is 0 Å². The maximum Gasteiger partial charge on any atom is 0.284 e. The third kappa shape index (κ3) is 6.43. The third-order valence-electron chi connectivity index (χ3n) is 2.07. The molecule has 1 aromatic rings. The molecule has 0 radical (unpaired) electrons. The Morgan fingerprint density at radius 2 is 1.75 bits per heavy atom. The van der Waals surface area contributed by atoms with Crippen LogP contribution >= 0.6 is 22.9 Å². The number of aliphatic hydroxyl groups excluding tert-OH is 1. The summed E-state index contributed by atoms with van der Waals surface area (Å²) < 4.78 is 53.9. The molecule has 0 fully saturated rings. The van der Waals surface area contributed by atoms with E-state index in [4.69, 9.17) is 20.7 Å². The lowest BCUT2D eigenvalue weighted by Gasteiger charge is -2.02. The highest BCUT2D eigenvalue weighted by Gasteiger charge is 2.29. The van der Waals surface area contributed by atoms with Gasteiger partial charge < -0.3 is 5.11 Å². The van der Waals surface area contributed by atoms with Crippen LogP contribution < -0.4 is 0 Å². The average molecular weight is 368 g/mol. The van der Waals surface area contributed by atoms with Crippen molar-refractivity contribution in [3.63, 3.8) is 0 Å². The summed E-state index contributed by atoms with van der Waals surface area (Å²) in [4.78, 5) is 4.86. The Kier molecular flexibility index (Phi) is 7.52. The van der Waals surface area contributed by atoms with Crippen LogP contribution in [0.3, 0.4) is 0 Å². The fraction of sp³-hybridized carbons (Fsp3) is 0.625. The lowest BCUT2D eigenvalue weighted by Crippen LogP contribution is -2.25. The first-order valence-corrected chi connectivity index (χ1v) is 9.40. The van der Waals surface area contributed by atoms with Crippen molar-refractivity contribution >= 4 is 43.2 Å². The molecule has 0 saturated carbocycles. The van der Waals surface area contributed by atoms with E-state index in [-0.39, 0.29) is 5.88 Å². The van der Waals surface area contributed by atoms with Crippen molar-refractivity contribution in [1.82, 2.24) is 4.98 Å². The van der Waals surface area contributed by atoms with Gasteiger partial charge in [0.2, 0.25) is 4.58 Å². The zero-order valence-electron chi connectivity index (χ0n) is 10.5. The van der Waals surface area contributed by atoms with Gasteiger partial charge in [-0.15, -0.1) is 22.9 Å². The standard InChI is InChI=1S/C6H8ClNOS.C2H6O6S2/c1-4-6(5(9)2-7)10-3-8-4;1-2(9(3,4)5)10(6,7)8/h3,5,9H,2H2,1H3;2H,1H3,(H,3,4,5)(H,6,7,8). The summed E-state index contributed by atoms with van der Waals surface area (Å²) in [5.41, 5.74) is 2.58. The van der Waals surface area contributed by atoms with E-state index in [9.17, 15) is 21.9 Å². The number of hydrogen-bond acceptors (Lipinski definition) is 7.